The molecule has 2 rings (SSSR count). The van der Waals surface area contributed by atoms with Gasteiger partial charge in [0.1, 0.15) is 0 Å². The number of hydrogen-bond acceptors (Lipinski definition) is 5. The minimum atomic E-state index is -3.81. The Hall–Kier alpha value is -1.80. The second-order valence-corrected chi connectivity index (χ2v) is 7.86. The molecule has 7 nitrogen and oxygen atoms in total. The molecule has 140 valence electrons. The van der Waals surface area contributed by atoms with E-state index in [4.69, 9.17) is 9.47 Å². The first kappa shape index (κ1) is 19.5. The van der Waals surface area contributed by atoms with Gasteiger partial charge in [0.2, 0.25) is 15.9 Å². The van der Waals surface area contributed by atoms with Gasteiger partial charge in [-0.3, -0.25) is 4.79 Å². The second-order valence-electron chi connectivity index (χ2n) is 6.10. The van der Waals surface area contributed by atoms with Gasteiger partial charge in [0.25, 0.3) is 0 Å². The molecule has 2 N–H and O–H groups in total. The highest BCUT2D eigenvalue weighted by atomic mass is 32.2. The molecule has 1 aliphatic rings. The maximum absolute atomic E-state index is 12.4. The Labute approximate surface area is 149 Å². The molecular formula is C17H26N2O5S. The monoisotopic (exact) mass is 370 g/mol. The number of sulfonamides is 1. The number of amides is 1. The second kappa shape index (κ2) is 9.05. The predicted molar refractivity (Wildman–Crippen MR) is 94.4 cm³/mol. The van der Waals surface area contributed by atoms with Gasteiger partial charge in [-0.1, -0.05) is 25.7 Å². The molecule has 0 saturated heterocycles. The SMILES string of the molecule is COc1ccc(S(=O)(=O)NCC(=O)NC2CCCCCC2)cc1OC. The van der Waals surface area contributed by atoms with E-state index in [1.165, 1.54) is 45.3 Å². The van der Waals surface area contributed by atoms with E-state index in [1.807, 2.05) is 0 Å². The van der Waals surface area contributed by atoms with E-state index in [2.05, 4.69) is 10.0 Å². The van der Waals surface area contributed by atoms with Gasteiger partial charge in [-0.25, -0.2) is 13.1 Å². The molecule has 1 aromatic carbocycles. The van der Waals surface area contributed by atoms with Gasteiger partial charge in [-0.05, 0) is 25.0 Å². The van der Waals surface area contributed by atoms with E-state index in [-0.39, 0.29) is 23.4 Å². The lowest BCUT2D eigenvalue weighted by Crippen LogP contribution is -2.41. The molecule has 8 heteroatoms. The molecule has 1 amide bonds. The summed E-state index contributed by atoms with van der Waals surface area (Å²) in [7, 11) is -0.901. The maximum atomic E-state index is 12.4. The zero-order valence-electron chi connectivity index (χ0n) is 14.7. The van der Waals surface area contributed by atoms with E-state index < -0.39 is 10.0 Å². The Kier molecular flexibility index (Phi) is 7.07. The van der Waals surface area contributed by atoms with Crippen LogP contribution in [0, 0.1) is 0 Å². The van der Waals surface area contributed by atoms with Gasteiger partial charge in [0, 0.05) is 12.1 Å². The average Bonchev–Trinajstić information content (AvgIpc) is 2.88. The minimum Gasteiger partial charge on any atom is -0.493 e. The van der Waals surface area contributed by atoms with Crippen LogP contribution >= 0.6 is 0 Å². The van der Waals surface area contributed by atoms with Gasteiger partial charge in [0.15, 0.2) is 11.5 Å². The first-order valence-corrected chi connectivity index (χ1v) is 9.95. The van der Waals surface area contributed by atoms with Crippen LogP contribution in [0.3, 0.4) is 0 Å². The summed E-state index contributed by atoms with van der Waals surface area (Å²) in [5, 5.41) is 2.91. The molecule has 1 aromatic rings. The normalized spacial score (nSPS) is 16.1. The molecule has 0 aliphatic heterocycles. The molecule has 1 aliphatic carbocycles. The summed E-state index contributed by atoms with van der Waals surface area (Å²) in [6, 6.07) is 4.43. The van der Waals surface area contributed by atoms with Crippen molar-refractivity contribution in [2.24, 2.45) is 0 Å². The highest BCUT2D eigenvalue weighted by Crippen LogP contribution is 2.29. The Morgan fingerprint density at radius 1 is 1.08 bits per heavy atom. The Morgan fingerprint density at radius 3 is 2.32 bits per heavy atom. The highest BCUT2D eigenvalue weighted by molar-refractivity contribution is 7.89. The third kappa shape index (κ3) is 5.61. The molecule has 1 fully saturated rings. The number of methoxy groups -OCH3 is 2. The smallest absolute Gasteiger partial charge is 0.241 e. The van der Waals surface area contributed by atoms with Gasteiger partial charge in [-0.2, -0.15) is 0 Å². The van der Waals surface area contributed by atoms with Crippen LogP contribution in [0.1, 0.15) is 38.5 Å². The lowest BCUT2D eigenvalue weighted by atomic mass is 10.1. The highest BCUT2D eigenvalue weighted by Gasteiger charge is 2.20. The summed E-state index contributed by atoms with van der Waals surface area (Å²) in [6.45, 7) is -0.285. The maximum Gasteiger partial charge on any atom is 0.241 e. The molecule has 0 unspecified atom stereocenters. The molecule has 25 heavy (non-hydrogen) atoms. The summed E-state index contributed by atoms with van der Waals surface area (Å²) < 4.78 is 37.3. The molecule has 1 saturated carbocycles. The summed E-state index contributed by atoms with van der Waals surface area (Å²) >= 11 is 0. The number of carbonyl (C=O) groups excluding carboxylic acids is 1. The van der Waals surface area contributed by atoms with Crippen molar-refractivity contribution in [3.63, 3.8) is 0 Å². The van der Waals surface area contributed by atoms with Crippen LogP contribution in [-0.4, -0.2) is 41.1 Å². The van der Waals surface area contributed by atoms with E-state index in [9.17, 15) is 13.2 Å². The van der Waals surface area contributed by atoms with Crippen LogP contribution in [0.25, 0.3) is 0 Å². The van der Waals surface area contributed by atoms with E-state index in [1.54, 1.807) is 0 Å². The average molecular weight is 370 g/mol. The summed E-state index contributed by atoms with van der Waals surface area (Å²) in [4.78, 5) is 12.1. The number of nitrogens with one attached hydrogen (secondary N) is 2. The van der Waals surface area contributed by atoms with E-state index >= 15 is 0 Å². The Morgan fingerprint density at radius 2 is 1.72 bits per heavy atom. The van der Waals surface area contributed by atoms with E-state index in [0.717, 1.165) is 25.7 Å². The van der Waals surface area contributed by atoms with Gasteiger partial charge < -0.3 is 14.8 Å². The topological polar surface area (TPSA) is 93.7 Å². The van der Waals surface area contributed by atoms with Crippen molar-refractivity contribution in [3.05, 3.63) is 18.2 Å². The summed E-state index contributed by atoms with van der Waals surface area (Å²) in [6.07, 6.45) is 6.49. The minimum absolute atomic E-state index is 0.0208. The fourth-order valence-corrected chi connectivity index (χ4v) is 3.93. The number of hydrogen-bond donors (Lipinski definition) is 2. The lowest BCUT2D eigenvalue weighted by molar-refractivity contribution is -0.120. The van der Waals surface area contributed by atoms with Gasteiger partial charge in [-0.15, -0.1) is 0 Å². The molecular weight excluding hydrogens is 344 g/mol. The van der Waals surface area contributed by atoms with Crippen LogP contribution < -0.4 is 19.5 Å². The third-order valence-corrected chi connectivity index (χ3v) is 5.71. The number of carbonyl (C=O) groups is 1. The van der Waals surface area contributed by atoms with Crippen LogP contribution in [0.15, 0.2) is 23.1 Å². The van der Waals surface area contributed by atoms with Crippen LogP contribution in [-0.2, 0) is 14.8 Å². The third-order valence-electron chi connectivity index (χ3n) is 4.31. The quantitative estimate of drug-likeness (QED) is 0.714. The lowest BCUT2D eigenvalue weighted by Gasteiger charge is -2.16. The van der Waals surface area contributed by atoms with Crippen molar-refractivity contribution >= 4 is 15.9 Å². The number of ether oxygens (including phenoxy) is 2. The molecule has 0 aromatic heterocycles. The standard InChI is InChI=1S/C17H26N2O5S/c1-23-15-10-9-14(11-16(15)24-2)25(21,22)18-12-17(20)19-13-7-5-3-4-6-8-13/h9-11,13,18H,3-8,12H2,1-2H3,(H,19,20). The number of rotatable bonds is 7. The van der Waals surface area contributed by atoms with Crippen molar-refractivity contribution < 1.29 is 22.7 Å². The van der Waals surface area contributed by atoms with Gasteiger partial charge >= 0.3 is 0 Å². The summed E-state index contributed by atoms with van der Waals surface area (Å²) in [5.74, 6) is 0.441. The van der Waals surface area contributed by atoms with Crippen LogP contribution in [0.2, 0.25) is 0 Å². The van der Waals surface area contributed by atoms with Crippen molar-refractivity contribution in [1.29, 1.82) is 0 Å². The van der Waals surface area contributed by atoms with E-state index in [0.29, 0.717) is 11.5 Å². The Bertz CT molecular complexity index is 682. The predicted octanol–water partition coefficient (Wildman–Crippen LogP) is 1.82. The molecule has 0 atom stereocenters. The zero-order valence-corrected chi connectivity index (χ0v) is 15.5. The van der Waals surface area contributed by atoms with Crippen molar-refractivity contribution in [2.75, 3.05) is 20.8 Å². The fourth-order valence-electron chi connectivity index (χ4n) is 2.93. The molecule has 0 bridgehead atoms. The molecule has 0 spiro atoms. The molecule has 0 heterocycles. The van der Waals surface area contributed by atoms with Crippen molar-refractivity contribution in [2.45, 2.75) is 49.5 Å². The zero-order chi connectivity index (χ0) is 18.3. The first-order chi connectivity index (χ1) is 12.0. The van der Waals surface area contributed by atoms with Crippen molar-refractivity contribution in [3.8, 4) is 11.5 Å². The van der Waals surface area contributed by atoms with Crippen molar-refractivity contribution in [1.82, 2.24) is 10.0 Å². The van der Waals surface area contributed by atoms with Crippen LogP contribution in [0.4, 0.5) is 0 Å². The summed E-state index contributed by atoms with van der Waals surface area (Å²) in [5.41, 5.74) is 0. The fraction of sp³-hybridized carbons (Fsp3) is 0.588. The molecule has 0 radical (unpaired) electrons. The Balaban J connectivity index is 1.95. The van der Waals surface area contributed by atoms with Crippen LogP contribution in [0.5, 0.6) is 11.5 Å². The number of benzene rings is 1. The largest absolute Gasteiger partial charge is 0.493 e. The van der Waals surface area contributed by atoms with Gasteiger partial charge in [0.05, 0.1) is 25.7 Å². The first-order valence-electron chi connectivity index (χ1n) is 8.47.